The van der Waals surface area contributed by atoms with Gasteiger partial charge in [0.05, 0.1) is 11.5 Å². The van der Waals surface area contributed by atoms with Crippen LogP contribution >= 0.6 is 0 Å². The van der Waals surface area contributed by atoms with Crippen LogP contribution in [0.2, 0.25) is 0 Å². The molecule has 0 spiro atoms. The number of carbonyl (C=O) groups excluding carboxylic acids is 1. The first-order chi connectivity index (χ1) is 9.65. The van der Waals surface area contributed by atoms with Crippen LogP contribution in [0.4, 0.5) is 5.69 Å². The van der Waals surface area contributed by atoms with Crippen molar-refractivity contribution in [2.45, 2.75) is 19.3 Å². The van der Waals surface area contributed by atoms with E-state index in [9.17, 15) is 14.9 Å². The van der Waals surface area contributed by atoms with E-state index < -0.39 is 4.92 Å². The van der Waals surface area contributed by atoms with Gasteiger partial charge in [-0.15, -0.1) is 0 Å². The summed E-state index contributed by atoms with van der Waals surface area (Å²) in [5.74, 6) is 0.760. The molecule has 1 aromatic carbocycles. The lowest BCUT2D eigenvalue weighted by Crippen LogP contribution is -2.35. The number of nitrogens with one attached hydrogen (secondary N) is 2. The average molecular weight is 277 g/mol. The fraction of sp³-hybridized carbons (Fsp3) is 0.500. The minimum atomic E-state index is -0.420. The molecule has 1 saturated carbocycles. The van der Waals surface area contributed by atoms with E-state index in [0.717, 1.165) is 18.0 Å². The molecule has 0 heterocycles. The number of non-ortho nitro benzene ring substituents is 1. The average Bonchev–Trinajstić information content (AvgIpc) is 3.23. The summed E-state index contributed by atoms with van der Waals surface area (Å²) in [5.41, 5.74) is 1.06. The smallest absolute Gasteiger partial charge is 0.269 e. The van der Waals surface area contributed by atoms with Gasteiger partial charge in [-0.25, -0.2) is 0 Å². The van der Waals surface area contributed by atoms with Crippen molar-refractivity contribution in [1.82, 2.24) is 10.6 Å². The third-order valence-corrected chi connectivity index (χ3v) is 3.30. The highest BCUT2D eigenvalue weighted by Gasteiger charge is 2.20. The molecule has 0 aliphatic heterocycles. The fourth-order valence-electron chi connectivity index (χ4n) is 1.90. The van der Waals surface area contributed by atoms with Crippen molar-refractivity contribution in [3.63, 3.8) is 0 Å². The molecular formula is C14H19N3O3. The summed E-state index contributed by atoms with van der Waals surface area (Å²) in [5, 5.41) is 16.5. The molecule has 6 nitrogen and oxygen atoms in total. The number of nitrogens with zero attached hydrogens (tertiary/aromatic N) is 1. The molecule has 0 unspecified atom stereocenters. The Kier molecular flexibility index (Phi) is 5.06. The summed E-state index contributed by atoms with van der Waals surface area (Å²) < 4.78 is 0. The summed E-state index contributed by atoms with van der Waals surface area (Å²) >= 11 is 0. The molecule has 0 bridgehead atoms. The van der Waals surface area contributed by atoms with E-state index in [1.807, 2.05) is 0 Å². The lowest BCUT2D eigenvalue weighted by molar-refractivity contribution is -0.384. The minimum absolute atomic E-state index is 0.00689. The summed E-state index contributed by atoms with van der Waals surface area (Å²) in [6, 6.07) is 6.40. The van der Waals surface area contributed by atoms with Gasteiger partial charge in [-0.3, -0.25) is 14.9 Å². The highest BCUT2D eigenvalue weighted by Crippen LogP contribution is 2.27. The summed E-state index contributed by atoms with van der Waals surface area (Å²) in [7, 11) is 0. The van der Waals surface area contributed by atoms with Crippen LogP contribution in [-0.2, 0) is 11.2 Å². The second-order valence-corrected chi connectivity index (χ2v) is 5.10. The van der Waals surface area contributed by atoms with Crippen molar-refractivity contribution in [2.24, 2.45) is 5.92 Å². The Balaban J connectivity index is 1.61. The molecular weight excluding hydrogens is 258 g/mol. The number of carbonyl (C=O) groups is 1. The molecule has 0 saturated heterocycles. The zero-order valence-electron chi connectivity index (χ0n) is 11.3. The standard InChI is InChI=1S/C14H19N3O3/c18-14(10-15-9-12-1-2-12)16-8-7-11-3-5-13(6-4-11)17(19)20/h3-6,12,15H,1-2,7-10H2,(H,16,18). The van der Waals surface area contributed by atoms with Crippen LogP contribution in [0.5, 0.6) is 0 Å². The fourth-order valence-corrected chi connectivity index (χ4v) is 1.90. The second kappa shape index (κ2) is 7.00. The minimum Gasteiger partial charge on any atom is -0.355 e. The van der Waals surface area contributed by atoms with Gasteiger partial charge in [-0.1, -0.05) is 12.1 Å². The molecule has 2 rings (SSSR count). The van der Waals surface area contributed by atoms with Gasteiger partial charge < -0.3 is 10.6 Å². The molecule has 0 aromatic heterocycles. The van der Waals surface area contributed by atoms with Crippen molar-refractivity contribution in [3.8, 4) is 0 Å². The number of hydrogen-bond acceptors (Lipinski definition) is 4. The Morgan fingerprint density at radius 3 is 2.60 bits per heavy atom. The monoisotopic (exact) mass is 277 g/mol. The molecule has 0 radical (unpaired) electrons. The zero-order chi connectivity index (χ0) is 14.4. The highest BCUT2D eigenvalue weighted by molar-refractivity contribution is 5.77. The van der Waals surface area contributed by atoms with Crippen molar-refractivity contribution in [1.29, 1.82) is 0 Å². The van der Waals surface area contributed by atoms with Crippen molar-refractivity contribution in [2.75, 3.05) is 19.6 Å². The number of hydrogen-bond donors (Lipinski definition) is 2. The Bertz CT molecular complexity index is 469. The first kappa shape index (κ1) is 14.5. The van der Waals surface area contributed by atoms with Gasteiger partial charge in [0.1, 0.15) is 0 Å². The molecule has 2 N–H and O–H groups in total. The molecule has 0 atom stereocenters. The van der Waals surface area contributed by atoms with Crippen LogP contribution in [0, 0.1) is 16.0 Å². The highest BCUT2D eigenvalue weighted by atomic mass is 16.6. The Morgan fingerprint density at radius 2 is 2.00 bits per heavy atom. The predicted molar refractivity (Wildman–Crippen MR) is 75.4 cm³/mol. The summed E-state index contributed by atoms with van der Waals surface area (Å²) in [6.07, 6.45) is 3.22. The summed E-state index contributed by atoms with van der Waals surface area (Å²) in [6.45, 7) is 1.83. The maximum Gasteiger partial charge on any atom is 0.269 e. The SMILES string of the molecule is O=C(CNCC1CC1)NCCc1ccc([N+](=O)[O-])cc1. The van der Waals surface area contributed by atoms with Gasteiger partial charge in [-0.2, -0.15) is 0 Å². The van der Waals surface area contributed by atoms with Gasteiger partial charge in [0.2, 0.25) is 5.91 Å². The second-order valence-electron chi connectivity index (χ2n) is 5.10. The Morgan fingerprint density at radius 1 is 1.30 bits per heavy atom. The third kappa shape index (κ3) is 4.97. The van der Waals surface area contributed by atoms with Crippen molar-refractivity contribution >= 4 is 11.6 Å². The van der Waals surface area contributed by atoms with Gasteiger partial charge in [0.25, 0.3) is 5.69 Å². The van der Waals surface area contributed by atoms with Crippen LogP contribution in [-0.4, -0.2) is 30.5 Å². The normalized spacial score (nSPS) is 14.0. The summed E-state index contributed by atoms with van der Waals surface area (Å²) in [4.78, 5) is 21.6. The van der Waals surface area contributed by atoms with Crippen LogP contribution in [0.25, 0.3) is 0 Å². The lowest BCUT2D eigenvalue weighted by atomic mass is 10.1. The van der Waals surface area contributed by atoms with E-state index in [2.05, 4.69) is 10.6 Å². The van der Waals surface area contributed by atoms with E-state index in [0.29, 0.717) is 19.5 Å². The first-order valence-corrected chi connectivity index (χ1v) is 6.86. The van der Waals surface area contributed by atoms with Crippen molar-refractivity contribution < 1.29 is 9.72 Å². The number of amides is 1. The van der Waals surface area contributed by atoms with E-state index in [1.165, 1.54) is 25.0 Å². The number of rotatable bonds is 8. The molecule has 1 amide bonds. The number of nitro groups is 1. The third-order valence-electron chi connectivity index (χ3n) is 3.30. The quantitative estimate of drug-likeness (QED) is 0.553. The maximum absolute atomic E-state index is 11.5. The molecule has 1 aromatic rings. The lowest BCUT2D eigenvalue weighted by Gasteiger charge is -2.06. The molecule has 1 aliphatic carbocycles. The van der Waals surface area contributed by atoms with E-state index >= 15 is 0 Å². The van der Waals surface area contributed by atoms with Gasteiger partial charge in [-0.05, 0) is 37.3 Å². The van der Waals surface area contributed by atoms with E-state index in [1.54, 1.807) is 12.1 Å². The van der Waals surface area contributed by atoms with Gasteiger partial charge >= 0.3 is 0 Å². The molecule has 20 heavy (non-hydrogen) atoms. The van der Waals surface area contributed by atoms with Gasteiger partial charge in [0.15, 0.2) is 0 Å². The van der Waals surface area contributed by atoms with Gasteiger partial charge in [0, 0.05) is 18.7 Å². The first-order valence-electron chi connectivity index (χ1n) is 6.86. The predicted octanol–water partition coefficient (Wildman–Crippen LogP) is 1.25. The van der Waals surface area contributed by atoms with Crippen LogP contribution in [0.1, 0.15) is 18.4 Å². The number of benzene rings is 1. The zero-order valence-corrected chi connectivity index (χ0v) is 11.3. The van der Waals surface area contributed by atoms with Crippen LogP contribution in [0.3, 0.4) is 0 Å². The maximum atomic E-state index is 11.5. The molecule has 1 fully saturated rings. The van der Waals surface area contributed by atoms with Crippen LogP contribution < -0.4 is 10.6 Å². The van der Waals surface area contributed by atoms with Crippen molar-refractivity contribution in [3.05, 3.63) is 39.9 Å². The molecule has 108 valence electrons. The Labute approximate surface area is 117 Å². The Hall–Kier alpha value is -1.95. The van der Waals surface area contributed by atoms with Crippen LogP contribution in [0.15, 0.2) is 24.3 Å². The van der Waals surface area contributed by atoms with E-state index in [-0.39, 0.29) is 11.6 Å². The molecule has 6 heteroatoms. The topological polar surface area (TPSA) is 84.3 Å². The largest absolute Gasteiger partial charge is 0.355 e. The number of nitro benzene ring substituents is 1. The molecule has 1 aliphatic rings. The van der Waals surface area contributed by atoms with E-state index in [4.69, 9.17) is 0 Å².